The predicted molar refractivity (Wildman–Crippen MR) is 82.4 cm³/mol. The van der Waals surface area contributed by atoms with E-state index in [1.165, 1.54) is 0 Å². The van der Waals surface area contributed by atoms with Gasteiger partial charge in [0, 0.05) is 37.1 Å². The van der Waals surface area contributed by atoms with Crippen LogP contribution in [0.1, 0.15) is 0 Å². The van der Waals surface area contributed by atoms with Crippen molar-refractivity contribution in [1.29, 1.82) is 0 Å². The average Bonchev–Trinajstić information content (AvgIpc) is 2.90. The Morgan fingerprint density at radius 2 is 2.00 bits per heavy atom. The van der Waals surface area contributed by atoms with Gasteiger partial charge in [-0.05, 0) is 18.2 Å². The van der Waals surface area contributed by atoms with Crippen LogP contribution >= 0.6 is 11.6 Å². The molecule has 0 fully saturated rings. The summed E-state index contributed by atoms with van der Waals surface area (Å²) in [4.78, 5) is 4.32. The zero-order valence-corrected chi connectivity index (χ0v) is 12.1. The van der Waals surface area contributed by atoms with Crippen LogP contribution in [0.25, 0.3) is 11.3 Å². The van der Waals surface area contributed by atoms with Crippen LogP contribution in [-0.2, 0) is 7.05 Å². The lowest BCUT2D eigenvalue weighted by Crippen LogP contribution is -1.90. The van der Waals surface area contributed by atoms with E-state index in [4.69, 9.17) is 22.1 Å². The molecule has 0 atom stereocenters. The molecule has 2 aromatic heterocycles. The lowest BCUT2D eigenvalue weighted by molar-refractivity contribution is 0.482. The smallest absolute Gasteiger partial charge is 0.131 e. The molecule has 21 heavy (non-hydrogen) atoms. The number of nitrogens with zero attached hydrogens (tertiary/aromatic N) is 3. The molecule has 0 amide bonds. The molecule has 5 nitrogen and oxygen atoms in total. The maximum Gasteiger partial charge on any atom is 0.131 e. The molecule has 1 aromatic carbocycles. The van der Waals surface area contributed by atoms with Gasteiger partial charge in [0.2, 0.25) is 0 Å². The Morgan fingerprint density at radius 1 is 1.19 bits per heavy atom. The zero-order chi connectivity index (χ0) is 14.8. The highest BCUT2D eigenvalue weighted by molar-refractivity contribution is 6.33. The summed E-state index contributed by atoms with van der Waals surface area (Å²) in [6.45, 7) is 0. The van der Waals surface area contributed by atoms with E-state index in [2.05, 4.69) is 10.1 Å². The fourth-order valence-electron chi connectivity index (χ4n) is 1.91. The van der Waals surface area contributed by atoms with Crippen LogP contribution in [0.3, 0.4) is 0 Å². The van der Waals surface area contributed by atoms with Crippen LogP contribution in [0, 0.1) is 0 Å². The number of anilines is 1. The van der Waals surface area contributed by atoms with Crippen molar-refractivity contribution in [3.05, 3.63) is 53.9 Å². The van der Waals surface area contributed by atoms with E-state index in [-0.39, 0.29) is 0 Å². The van der Waals surface area contributed by atoms with E-state index in [1.807, 2.05) is 19.3 Å². The van der Waals surface area contributed by atoms with Crippen molar-refractivity contribution in [1.82, 2.24) is 14.8 Å². The summed E-state index contributed by atoms with van der Waals surface area (Å²) in [6, 6.07) is 8.79. The van der Waals surface area contributed by atoms with Crippen LogP contribution in [-0.4, -0.2) is 14.8 Å². The molecule has 2 N–H and O–H groups in total. The Labute approximate surface area is 126 Å². The summed E-state index contributed by atoms with van der Waals surface area (Å²) < 4.78 is 7.50. The quantitative estimate of drug-likeness (QED) is 0.752. The second-order valence-electron chi connectivity index (χ2n) is 4.56. The number of pyridine rings is 1. The van der Waals surface area contributed by atoms with E-state index in [1.54, 1.807) is 41.3 Å². The van der Waals surface area contributed by atoms with E-state index < -0.39 is 0 Å². The SMILES string of the molecule is Cn1cc(-c2cc(Oc3ccc(Cl)c(N)c3)ccn2)cn1. The molecular formula is C15H13ClN4O. The van der Waals surface area contributed by atoms with Crippen molar-refractivity contribution < 1.29 is 4.74 Å². The summed E-state index contributed by atoms with van der Waals surface area (Å²) in [5.74, 6) is 1.30. The second-order valence-corrected chi connectivity index (χ2v) is 4.97. The standard InChI is InChI=1S/C15H13ClN4O/c1-20-9-10(8-19-20)15-7-12(4-5-18-15)21-11-2-3-13(16)14(17)6-11/h2-9H,17H2,1H3. The molecule has 0 bridgehead atoms. The number of rotatable bonds is 3. The van der Waals surface area contributed by atoms with Crippen molar-refractivity contribution in [2.75, 3.05) is 5.73 Å². The predicted octanol–water partition coefficient (Wildman–Crippen LogP) is 3.51. The molecule has 0 spiro atoms. The second kappa shape index (κ2) is 5.46. The first-order chi connectivity index (χ1) is 10.1. The Balaban J connectivity index is 1.87. The van der Waals surface area contributed by atoms with Gasteiger partial charge in [-0.3, -0.25) is 9.67 Å². The molecule has 3 rings (SSSR count). The van der Waals surface area contributed by atoms with E-state index >= 15 is 0 Å². The van der Waals surface area contributed by atoms with Crippen LogP contribution < -0.4 is 10.5 Å². The largest absolute Gasteiger partial charge is 0.457 e. The van der Waals surface area contributed by atoms with Gasteiger partial charge in [0.15, 0.2) is 0 Å². The Bertz CT molecular complexity index is 785. The Morgan fingerprint density at radius 3 is 2.71 bits per heavy atom. The third-order valence-electron chi connectivity index (χ3n) is 2.94. The van der Waals surface area contributed by atoms with Crippen molar-refractivity contribution >= 4 is 17.3 Å². The molecule has 0 saturated carbocycles. The number of hydrogen-bond acceptors (Lipinski definition) is 4. The van der Waals surface area contributed by atoms with E-state index in [0.717, 1.165) is 11.3 Å². The highest BCUT2D eigenvalue weighted by Crippen LogP contribution is 2.29. The molecule has 106 valence electrons. The lowest BCUT2D eigenvalue weighted by Gasteiger charge is -2.08. The first-order valence-corrected chi connectivity index (χ1v) is 6.67. The number of benzene rings is 1. The van der Waals surface area contributed by atoms with Gasteiger partial charge in [0.1, 0.15) is 11.5 Å². The Kier molecular flexibility index (Phi) is 3.50. The van der Waals surface area contributed by atoms with E-state index in [9.17, 15) is 0 Å². The fraction of sp³-hybridized carbons (Fsp3) is 0.0667. The number of nitrogens with two attached hydrogens (primary N) is 1. The first kappa shape index (κ1) is 13.5. The topological polar surface area (TPSA) is 66.0 Å². The highest BCUT2D eigenvalue weighted by atomic mass is 35.5. The minimum Gasteiger partial charge on any atom is -0.457 e. The summed E-state index contributed by atoms with van der Waals surface area (Å²) >= 11 is 5.89. The zero-order valence-electron chi connectivity index (χ0n) is 11.3. The number of halogens is 1. The van der Waals surface area contributed by atoms with Gasteiger partial charge in [-0.15, -0.1) is 0 Å². The molecule has 0 radical (unpaired) electrons. The molecule has 6 heteroatoms. The normalized spacial score (nSPS) is 10.6. The number of aryl methyl sites for hydroxylation is 1. The van der Waals surface area contributed by atoms with Gasteiger partial charge >= 0.3 is 0 Å². The molecule has 2 heterocycles. The average molecular weight is 301 g/mol. The molecule has 0 aliphatic carbocycles. The Hall–Kier alpha value is -2.53. The van der Waals surface area contributed by atoms with Crippen molar-refractivity contribution in [2.24, 2.45) is 7.05 Å². The third kappa shape index (κ3) is 2.98. The van der Waals surface area contributed by atoms with Crippen molar-refractivity contribution in [2.45, 2.75) is 0 Å². The molecule has 0 aliphatic rings. The maximum absolute atomic E-state index is 5.89. The lowest BCUT2D eigenvalue weighted by atomic mass is 10.2. The summed E-state index contributed by atoms with van der Waals surface area (Å²) in [7, 11) is 1.86. The molecule has 0 aliphatic heterocycles. The van der Waals surface area contributed by atoms with Gasteiger partial charge in [-0.1, -0.05) is 11.6 Å². The van der Waals surface area contributed by atoms with Crippen LogP contribution in [0.5, 0.6) is 11.5 Å². The first-order valence-electron chi connectivity index (χ1n) is 6.30. The highest BCUT2D eigenvalue weighted by Gasteiger charge is 2.05. The van der Waals surface area contributed by atoms with Crippen molar-refractivity contribution in [3.63, 3.8) is 0 Å². The number of aromatic nitrogens is 3. The van der Waals surface area contributed by atoms with Crippen LogP contribution in [0.15, 0.2) is 48.9 Å². The molecule has 0 unspecified atom stereocenters. The number of ether oxygens (including phenoxy) is 1. The van der Waals surface area contributed by atoms with Crippen molar-refractivity contribution in [3.8, 4) is 22.8 Å². The van der Waals surface area contributed by atoms with Crippen LogP contribution in [0.4, 0.5) is 5.69 Å². The fourth-order valence-corrected chi connectivity index (χ4v) is 2.02. The van der Waals surface area contributed by atoms with Crippen LogP contribution in [0.2, 0.25) is 5.02 Å². The molecule has 0 saturated heterocycles. The van der Waals surface area contributed by atoms with Gasteiger partial charge in [-0.2, -0.15) is 5.10 Å². The minimum atomic E-state index is 0.482. The number of hydrogen-bond donors (Lipinski definition) is 1. The van der Waals surface area contributed by atoms with Gasteiger partial charge < -0.3 is 10.5 Å². The summed E-state index contributed by atoms with van der Waals surface area (Å²) in [5, 5.41) is 4.64. The van der Waals surface area contributed by atoms with Gasteiger partial charge in [-0.25, -0.2) is 0 Å². The molecule has 3 aromatic rings. The monoisotopic (exact) mass is 300 g/mol. The molecular weight excluding hydrogens is 288 g/mol. The van der Waals surface area contributed by atoms with Gasteiger partial charge in [0.25, 0.3) is 0 Å². The minimum absolute atomic E-state index is 0.482. The number of nitrogen functional groups attached to an aromatic ring is 1. The third-order valence-corrected chi connectivity index (χ3v) is 3.28. The van der Waals surface area contributed by atoms with Gasteiger partial charge in [0.05, 0.1) is 22.6 Å². The van der Waals surface area contributed by atoms with E-state index in [0.29, 0.717) is 22.2 Å². The maximum atomic E-state index is 5.89. The summed E-state index contributed by atoms with van der Waals surface area (Å²) in [6.07, 6.45) is 5.34. The summed E-state index contributed by atoms with van der Waals surface area (Å²) in [5.41, 5.74) is 7.97.